The summed E-state index contributed by atoms with van der Waals surface area (Å²) in [5, 5.41) is 5.70. The maximum absolute atomic E-state index is 12.3. The van der Waals surface area contributed by atoms with E-state index in [1.807, 2.05) is 6.92 Å². The maximum Gasteiger partial charge on any atom is 0.251 e. The van der Waals surface area contributed by atoms with Crippen LogP contribution in [0.1, 0.15) is 74.2 Å². The number of pyridine rings is 1. The summed E-state index contributed by atoms with van der Waals surface area (Å²) in [5.74, 6) is -0.398. The van der Waals surface area contributed by atoms with Gasteiger partial charge in [0.15, 0.2) is 0 Å². The molecule has 0 fully saturated rings. The molecule has 0 saturated heterocycles. The van der Waals surface area contributed by atoms with Gasteiger partial charge >= 0.3 is 0 Å². The summed E-state index contributed by atoms with van der Waals surface area (Å²) in [6, 6.07) is 10.1. The monoisotopic (exact) mass is 425 g/mol. The first-order valence-corrected chi connectivity index (χ1v) is 11.3. The van der Waals surface area contributed by atoms with Crippen LogP contribution in [0.3, 0.4) is 0 Å². The third-order valence-corrected chi connectivity index (χ3v) is 5.21. The van der Waals surface area contributed by atoms with Crippen LogP contribution in [-0.2, 0) is 11.3 Å². The van der Waals surface area contributed by atoms with E-state index in [1.54, 1.807) is 36.5 Å². The lowest BCUT2D eigenvalue weighted by molar-refractivity contribution is -0.116. The number of amides is 2. The van der Waals surface area contributed by atoms with Crippen molar-refractivity contribution in [2.45, 2.75) is 71.8 Å². The molecular weight excluding hydrogens is 390 g/mol. The fraction of sp³-hybridized carbons (Fsp3) is 0.480. The highest BCUT2D eigenvalue weighted by atomic mass is 16.2. The molecule has 0 bridgehead atoms. The standard InChI is InChI=1S/C25H35N3O3/c1-3-4-5-6-7-8-9-10-16-26-25(31)21-11-13-22(14-12-21)27-23(29)19-28-17-15-20(2)18-24(28)30/h11-15,17-18H,3-10,16,19H2,1-2H3,(H,26,31)(H,27,29). The molecule has 1 aromatic carbocycles. The Morgan fingerprint density at radius 2 is 1.55 bits per heavy atom. The van der Waals surface area contributed by atoms with Gasteiger partial charge in [-0.15, -0.1) is 0 Å². The van der Waals surface area contributed by atoms with Gasteiger partial charge in [-0.2, -0.15) is 0 Å². The number of nitrogens with zero attached hydrogens (tertiary/aromatic N) is 1. The summed E-state index contributed by atoms with van der Waals surface area (Å²) in [6.45, 7) is 4.68. The van der Waals surface area contributed by atoms with E-state index in [9.17, 15) is 14.4 Å². The van der Waals surface area contributed by atoms with Crippen LogP contribution >= 0.6 is 0 Å². The van der Waals surface area contributed by atoms with Crippen molar-refractivity contribution in [3.05, 3.63) is 64.1 Å². The van der Waals surface area contributed by atoms with E-state index >= 15 is 0 Å². The van der Waals surface area contributed by atoms with Crippen molar-refractivity contribution in [3.8, 4) is 0 Å². The molecule has 0 aliphatic carbocycles. The normalized spacial score (nSPS) is 10.6. The average Bonchev–Trinajstić information content (AvgIpc) is 2.75. The van der Waals surface area contributed by atoms with Crippen LogP contribution in [0.4, 0.5) is 5.69 Å². The number of aryl methyl sites for hydroxylation is 1. The van der Waals surface area contributed by atoms with Crippen molar-refractivity contribution in [2.24, 2.45) is 0 Å². The second kappa shape index (κ2) is 13.4. The van der Waals surface area contributed by atoms with Crippen LogP contribution < -0.4 is 16.2 Å². The first-order valence-electron chi connectivity index (χ1n) is 11.3. The summed E-state index contributed by atoms with van der Waals surface area (Å²) in [7, 11) is 0. The molecule has 6 nitrogen and oxygen atoms in total. The fourth-order valence-electron chi connectivity index (χ4n) is 3.36. The zero-order valence-electron chi connectivity index (χ0n) is 18.8. The lowest BCUT2D eigenvalue weighted by Gasteiger charge is -2.09. The highest BCUT2D eigenvalue weighted by Gasteiger charge is 2.08. The SMILES string of the molecule is CCCCCCCCCCNC(=O)c1ccc(NC(=O)Cn2ccc(C)cc2=O)cc1. The van der Waals surface area contributed by atoms with Gasteiger partial charge in [0.1, 0.15) is 6.54 Å². The van der Waals surface area contributed by atoms with Gasteiger partial charge in [0, 0.05) is 30.1 Å². The smallest absolute Gasteiger partial charge is 0.251 e. The van der Waals surface area contributed by atoms with Crippen molar-refractivity contribution in [2.75, 3.05) is 11.9 Å². The maximum atomic E-state index is 12.3. The molecule has 1 heterocycles. The molecule has 2 aromatic rings. The molecule has 0 aliphatic heterocycles. The number of anilines is 1. The van der Waals surface area contributed by atoms with Gasteiger partial charge in [0.2, 0.25) is 5.91 Å². The van der Waals surface area contributed by atoms with Crippen LogP contribution in [0, 0.1) is 6.92 Å². The molecular formula is C25H35N3O3. The Labute approximate surface area is 185 Å². The Morgan fingerprint density at radius 3 is 2.19 bits per heavy atom. The van der Waals surface area contributed by atoms with Crippen LogP contribution in [0.5, 0.6) is 0 Å². The minimum Gasteiger partial charge on any atom is -0.352 e. The van der Waals surface area contributed by atoms with Gasteiger partial charge < -0.3 is 15.2 Å². The molecule has 0 saturated carbocycles. The highest BCUT2D eigenvalue weighted by Crippen LogP contribution is 2.11. The van der Waals surface area contributed by atoms with Gasteiger partial charge in [0.05, 0.1) is 0 Å². The average molecular weight is 426 g/mol. The van der Waals surface area contributed by atoms with Gasteiger partial charge in [-0.25, -0.2) is 0 Å². The minimum atomic E-state index is -0.294. The van der Waals surface area contributed by atoms with Crippen molar-refractivity contribution in [1.82, 2.24) is 9.88 Å². The molecule has 0 spiro atoms. The summed E-state index contributed by atoms with van der Waals surface area (Å²) in [4.78, 5) is 36.3. The van der Waals surface area contributed by atoms with Gasteiger partial charge in [-0.1, -0.05) is 51.9 Å². The number of carbonyl (C=O) groups excluding carboxylic acids is 2. The number of hydrogen-bond acceptors (Lipinski definition) is 3. The lowest BCUT2D eigenvalue weighted by Crippen LogP contribution is -2.27. The van der Waals surface area contributed by atoms with E-state index in [2.05, 4.69) is 17.6 Å². The molecule has 31 heavy (non-hydrogen) atoms. The van der Waals surface area contributed by atoms with Crippen LogP contribution in [0.2, 0.25) is 0 Å². The Balaban J connectivity index is 1.69. The zero-order chi connectivity index (χ0) is 22.5. The number of hydrogen-bond donors (Lipinski definition) is 2. The lowest BCUT2D eigenvalue weighted by atomic mass is 10.1. The van der Waals surface area contributed by atoms with Crippen LogP contribution in [0.15, 0.2) is 47.4 Å². The first kappa shape index (κ1) is 24.4. The predicted octanol–water partition coefficient (Wildman–Crippen LogP) is 4.67. The number of benzene rings is 1. The molecule has 0 unspecified atom stereocenters. The Bertz CT molecular complexity index is 888. The zero-order valence-corrected chi connectivity index (χ0v) is 18.8. The Kier molecular flexibility index (Phi) is 10.6. The highest BCUT2D eigenvalue weighted by molar-refractivity contribution is 5.95. The molecule has 0 radical (unpaired) electrons. The van der Waals surface area contributed by atoms with E-state index < -0.39 is 0 Å². The second-order valence-corrected chi connectivity index (χ2v) is 8.03. The number of unbranched alkanes of at least 4 members (excludes halogenated alkanes) is 7. The fourth-order valence-corrected chi connectivity index (χ4v) is 3.36. The minimum absolute atomic E-state index is 0.0556. The van der Waals surface area contributed by atoms with Gasteiger partial charge in [0.25, 0.3) is 11.5 Å². The molecule has 1 aromatic heterocycles. The Morgan fingerprint density at radius 1 is 0.903 bits per heavy atom. The summed E-state index contributed by atoms with van der Waals surface area (Å²) in [5.41, 5.74) is 1.80. The Hall–Kier alpha value is -2.89. The second-order valence-electron chi connectivity index (χ2n) is 8.03. The number of aromatic nitrogens is 1. The van der Waals surface area contributed by atoms with Crippen molar-refractivity contribution >= 4 is 17.5 Å². The summed E-state index contributed by atoms with van der Waals surface area (Å²) in [6.07, 6.45) is 11.5. The van der Waals surface area contributed by atoms with Crippen LogP contribution in [-0.4, -0.2) is 22.9 Å². The van der Waals surface area contributed by atoms with Crippen molar-refractivity contribution in [1.29, 1.82) is 0 Å². The molecule has 168 valence electrons. The molecule has 2 rings (SSSR count). The third kappa shape index (κ3) is 9.20. The predicted molar refractivity (Wildman–Crippen MR) is 125 cm³/mol. The largest absolute Gasteiger partial charge is 0.352 e. The molecule has 0 atom stereocenters. The third-order valence-electron chi connectivity index (χ3n) is 5.21. The van der Waals surface area contributed by atoms with E-state index in [1.165, 1.54) is 49.2 Å². The number of nitrogens with one attached hydrogen (secondary N) is 2. The van der Waals surface area contributed by atoms with Crippen molar-refractivity contribution in [3.63, 3.8) is 0 Å². The van der Waals surface area contributed by atoms with Crippen LogP contribution in [0.25, 0.3) is 0 Å². The summed E-state index contributed by atoms with van der Waals surface area (Å²) >= 11 is 0. The number of rotatable bonds is 13. The van der Waals surface area contributed by atoms with Crippen molar-refractivity contribution < 1.29 is 9.59 Å². The van der Waals surface area contributed by atoms with E-state index in [0.717, 1.165) is 18.4 Å². The van der Waals surface area contributed by atoms with Gasteiger partial charge in [-0.05, 0) is 49.2 Å². The van der Waals surface area contributed by atoms with Gasteiger partial charge in [-0.3, -0.25) is 14.4 Å². The summed E-state index contributed by atoms with van der Waals surface area (Å²) < 4.78 is 1.36. The quantitative estimate of drug-likeness (QED) is 0.458. The first-order chi connectivity index (χ1) is 15.0. The van der Waals surface area contributed by atoms with E-state index in [-0.39, 0.29) is 23.9 Å². The molecule has 6 heteroatoms. The molecule has 0 aliphatic rings. The van der Waals surface area contributed by atoms with E-state index in [4.69, 9.17) is 0 Å². The van der Waals surface area contributed by atoms with E-state index in [0.29, 0.717) is 17.8 Å². The number of carbonyl (C=O) groups is 2. The molecule has 2 amide bonds. The topological polar surface area (TPSA) is 80.2 Å². The molecule has 2 N–H and O–H groups in total.